The van der Waals surface area contributed by atoms with Gasteiger partial charge in [-0.1, -0.05) is 12.1 Å². The smallest absolute Gasteiger partial charge is 0.337 e. The first-order valence-electron chi connectivity index (χ1n) is 12.2. The number of phenols is 1. The minimum atomic E-state index is -0.987. The average Bonchev–Trinajstić information content (AvgIpc) is 3.33. The van der Waals surface area contributed by atoms with E-state index < -0.39 is 5.97 Å². The maximum Gasteiger partial charge on any atom is 0.337 e. The molecule has 0 atom stereocenters. The Hall–Kier alpha value is -4.40. The van der Waals surface area contributed by atoms with Gasteiger partial charge in [-0.3, -0.25) is 9.88 Å². The molecule has 6 rings (SSSR count). The molecular weight excluding hydrogens is 468 g/mol. The van der Waals surface area contributed by atoms with Crippen LogP contribution in [0.2, 0.25) is 0 Å². The Kier molecular flexibility index (Phi) is 5.96. The third-order valence-corrected chi connectivity index (χ3v) is 6.80. The van der Waals surface area contributed by atoms with Crippen LogP contribution in [0, 0.1) is 0 Å². The average molecular weight is 495 g/mol. The molecule has 0 saturated carbocycles. The van der Waals surface area contributed by atoms with Gasteiger partial charge in [-0.2, -0.15) is 0 Å². The highest BCUT2D eigenvalue weighted by Crippen LogP contribution is 2.34. The lowest BCUT2D eigenvalue weighted by Gasteiger charge is -2.28. The van der Waals surface area contributed by atoms with Crippen molar-refractivity contribution in [1.82, 2.24) is 14.5 Å². The first kappa shape index (κ1) is 23.0. The van der Waals surface area contributed by atoms with Crippen molar-refractivity contribution in [2.24, 2.45) is 0 Å². The first-order valence-corrected chi connectivity index (χ1v) is 12.2. The maximum absolute atomic E-state index is 11.9. The molecule has 8 heteroatoms. The number of fused-ring (bicyclic) bond motifs is 2. The second-order valence-electron chi connectivity index (χ2n) is 9.15. The molecule has 186 valence electrons. The van der Waals surface area contributed by atoms with Gasteiger partial charge < -0.3 is 24.8 Å². The molecule has 2 aromatic heterocycles. The van der Waals surface area contributed by atoms with Gasteiger partial charge in [0.05, 0.1) is 41.2 Å². The Morgan fingerprint density at radius 2 is 1.86 bits per heavy atom. The van der Waals surface area contributed by atoms with E-state index in [0.717, 1.165) is 51.8 Å². The summed E-state index contributed by atoms with van der Waals surface area (Å²) in [7, 11) is 0. The fourth-order valence-corrected chi connectivity index (χ4v) is 4.91. The molecule has 0 spiro atoms. The number of carbonyl (C=O) groups is 1. The van der Waals surface area contributed by atoms with Gasteiger partial charge in [0.1, 0.15) is 5.75 Å². The first-order chi connectivity index (χ1) is 18.1. The zero-order valence-corrected chi connectivity index (χ0v) is 20.1. The Labute approximate surface area is 213 Å². The van der Waals surface area contributed by atoms with E-state index in [1.165, 1.54) is 0 Å². The van der Waals surface area contributed by atoms with Crippen LogP contribution < -0.4 is 5.32 Å². The van der Waals surface area contributed by atoms with E-state index in [2.05, 4.69) is 20.9 Å². The fraction of sp³-hybridized carbons (Fsp3) is 0.172. The van der Waals surface area contributed by atoms with E-state index in [0.29, 0.717) is 25.4 Å². The number of nitrogens with one attached hydrogen (secondary N) is 1. The van der Waals surface area contributed by atoms with Gasteiger partial charge in [-0.25, -0.2) is 4.79 Å². The summed E-state index contributed by atoms with van der Waals surface area (Å²) in [4.78, 5) is 19.0. The van der Waals surface area contributed by atoms with E-state index >= 15 is 0 Å². The summed E-state index contributed by atoms with van der Waals surface area (Å²) >= 11 is 0. The highest BCUT2D eigenvalue weighted by Gasteiger charge is 2.18. The number of hydrogen-bond acceptors (Lipinski definition) is 6. The maximum atomic E-state index is 11.9. The van der Waals surface area contributed by atoms with E-state index in [4.69, 9.17) is 9.72 Å². The topological polar surface area (TPSA) is 99.9 Å². The lowest BCUT2D eigenvalue weighted by Crippen LogP contribution is -2.35. The van der Waals surface area contributed by atoms with E-state index in [1.54, 1.807) is 30.3 Å². The van der Waals surface area contributed by atoms with Crippen molar-refractivity contribution < 1.29 is 19.7 Å². The number of aromatic nitrogens is 2. The normalized spacial score (nSPS) is 14.3. The number of morpholine rings is 1. The Balaban J connectivity index is 1.51. The standard InChI is InChI=1S/C29H26N4O4/c34-22-6-8-27-19(15-22)9-10-33(27)21-5-7-25-24(16-21)28(31-26-4-2-1-3-23(26)29(35)36)20(17-30-25)18-32-11-13-37-14-12-32/h1-10,15-17,34H,11-14,18H2,(H,30,31)(H,35,36). The molecule has 0 aliphatic carbocycles. The van der Waals surface area contributed by atoms with Crippen molar-refractivity contribution in [2.75, 3.05) is 31.6 Å². The SMILES string of the molecule is O=C(O)c1ccccc1Nc1c(CN2CCOCC2)cnc2ccc(-n3ccc4cc(O)ccc43)cc12. The summed E-state index contributed by atoms with van der Waals surface area (Å²) in [6, 6.07) is 20.3. The van der Waals surface area contributed by atoms with Crippen molar-refractivity contribution in [3.05, 3.63) is 90.3 Å². The lowest BCUT2D eigenvalue weighted by molar-refractivity contribution is 0.0342. The van der Waals surface area contributed by atoms with E-state index in [1.807, 2.05) is 42.7 Å². The number of phenolic OH excluding ortho intramolecular Hbond substituents is 1. The third-order valence-electron chi connectivity index (χ3n) is 6.80. The molecule has 1 saturated heterocycles. The van der Waals surface area contributed by atoms with Crippen molar-refractivity contribution in [3.8, 4) is 11.4 Å². The third kappa shape index (κ3) is 4.48. The molecule has 0 radical (unpaired) electrons. The molecule has 5 aromatic rings. The summed E-state index contributed by atoms with van der Waals surface area (Å²) in [6.45, 7) is 3.69. The number of benzene rings is 3. The van der Waals surface area contributed by atoms with Crippen LogP contribution in [0.4, 0.5) is 11.4 Å². The monoisotopic (exact) mass is 494 g/mol. The highest BCUT2D eigenvalue weighted by atomic mass is 16.5. The van der Waals surface area contributed by atoms with Gasteiger partial charge in [-0.15, -0.1) is 0 Å². The number of ether oxygens (including phenoxy) is 1. The van der Waals surface area contributed by atoms with Gasteiger partial charge in [0.15, 0.2) is 0 Å². The number of hydrogen-bond donors (Lipinski definition) is 3. The summed E-state index contributed by atoms with van der Waals surface area (Å²) in [5.74, 6) is -0.761. The van der Waals surface area contributed by atoms with E-state index in [9.17, 15) is 15.0 Å². The second-order valence-corrected chi connectivity index (χ2v) is 9.15. The Morgan fingerprint density at radius 3 is 2.70 bits per heavy atom. The van der Waals surface area contributed by atoms with Crippen molar-refractivity contribution in [1.29, 1.82) is 0 Å². The number of pyridine rings is 1. The number of anilines is 2. The molecule has 0 amide bonds. The minimum Gasteiger partial charge on any atom is -0.508 e. The largest absolute Gasteiger partial charge is 0.508 e. The van der Waals surface area contributed by atoms with Crippen LogP contribution in [0.15, 0.2) is 79.1 Å². The zero-order valence-electron chi connectivity index (χ0n) is 20.1. The van der Waals surface area contributed by atoms with E-state index in [-0.39, 0.29) is 11.3 Å². The molecular formula is C29H26N4O4. The molecule has 37 heavy (non-hydrogen) atoms. The molecule has 3 N–H and O–H groups in total. The minimum absolute atomic E-state index is 0.206. The number of aromatic hydroxyl groups is 1. The number of carboxylic acids is 1. The van der Waals surface area contributed by atoms with Crippen LogP contribution in [0.25, 0.3) is 27.5 Å². The van der Waals surface area contributed by atoms with Crippen LogP contribution in [-0.4, -0.2) is 56.9 Å². The molecule has 1 fully saturated rings. The molecule has 1 aliphatic rings. The number of rotatable bonds is 6. The molecule has 0 unspecified atom stereocenters. The fourth-order valence-electron chi connectivity index (χ4n) is 4.91. The number of para-hydroxylation sites is 1. The Morgan fingerprint density at radius 1 is 1.03 bits per heavy atom. The quantitative estimate of drug-likeness (QED) is 0.300. The van der Waals surface area contributed by atoms with Crippen molar-refractivity contribution in [2.45, 2.75) is 6.54 Å². The van der Waals surface area contributed by atoms with Gasteiger partial charge in [0.2, 0.25) is 0 Å². The van der Waals surface area contributed by atoms with Gasteiger partial charge in [0, 0.05) is 54.1 Å². The van der Waals surface area contributed by atoms with Crippen LogP contribution >= 0.6 is 0 Å². The van der Waals surface area contributed by atoms with Gasteiger partial charge in [-0.05, 0) is 54.6 Å². The van der Waals surface area contributed by atoms with Crippen molar-refractivity contribution in [3.63, 3.8) is 0 Å². The molecule has 1 aliphatic heterocycles. The van der Waals surface area contributed by atoms with Gasteiger partial charge >= 0.3 is 5.97 Å². The summed E-state index contributed by atoms with van der Waals surface area (Å²) < 4.78 is 7.59. The summed E-state index contributed by atoms with van der Waals surface area (Å²) in [5, 5.41) is 24.9. The second kappa shape index (κ2) is 9.57. The highest BCUT2D eigenvalue weighted by molar-refractivity contribution is 6.00. The summed E-state index contributed by atoms with van der Waals surface area (Å²) in [6.07, 6.45) is 3.85. The predicted octanol–water partition coefficient (Wildman–Crippen LogP) is 5.16. The number of aromatic carboxylic acids is 1. The van der Waals surface area contributed by atoms with Crippen LogP contribution in [0.1, 0.15) is 15.9 Å². The molecule has 3 heterocycles. The molecule has 8 nitrogen and oxygen atoms in total. The van der Waals surface area contributed by atoms with Crippen LogP contribution in [0.5, 0.6) is 5.75 Å². The van der Waals surface area contributed by atoms with Crippen LogP contribution in [0.3, 0.4) is 0 Å². The number of nitrogens with zero attached hydrogens (tertiary/aromatic N) is 3. The van der Waals surface area contributed by atoms with Crippen LogP contribution in [-0.2, 0) is 11.3 Å². The number of carboxylic acid groups (broad SMARTS) is 1. The van der Waals surface area contributed by atoms with Crippen molar-refractivity contribution >= 4 is 39.1 Å². The Bertz CT molecular complexity index is 1620. The molecule has 3 aromatic carbocycles. The van der Waals surface area contributed by atoms with Gasteiger partial charge in [0.25, 0.3) is 0 Å². The lowest BCUT2D eigenvalue weighted by atomic mass is 10.1. The predicted molar refractivity (Wildman–Crippen MR) is 143 cm³/mol. The zero-order chi connectivity index (χ0) is 25.4. The molecule has 0 bridgehead atoms. The summed E-state index contributed by atoms with van der Waals surface area (Å²) in [5.41, 5.74) is 5.26.